The number of carbonyl (C=O) groups excluding carboxylic acids is 1. The maximum atomic E-state index is 12.9. The summed E-state index contributed by atoms with van der Waals surface area (Å²) in [5, 5.41) is 7.80. The molecule has 0 spiro atoms. The first-order valence-electron chi connectivity index (χ1n) is 5.84. The minimum atomic E-state index is -0.530. The topological polar surface area (TPSA) is 57.0 Å². The van der Waals surface area contributed by atoms with E-state index in [2.05, 4.69) is 15.0 Å². The molecule has 0 bridgehead atoms. The SMILES string of the molecule is COC(=O)c1nnn(-c2ccc(F)cc2)c1C(C)C. The van der Waals surface area contributed by atoms with E-state index in [4.69, 9.17) is 0 Å². The van der Waals surface area contributed by atoms with Gasteiger partial charge in [0.05, 0.1) is 18.5 Å². The second-order valence-electron chi connectivity index (χ2n) is 4.36. The number of benzene rings is 1. The number of hydrogen-bond donors (Lipinski definition) is 0. The molecular weight excluding hydrogens is 249 g/mol. The molecule has 0 saturated carbocycles. The molecule has 0 aliphatic heterocycles. The Labute approximate surface area is 110 Å². The summed E-state index contributed by atoms with van der Waals surface area (Å²) in [7, 11) is 1.29. The molecule has 0 fully saturated rings. The lowest BCUT2D eigenvalue weighted by atomic mass is 10.1. The van der Waals surface area contributed by atoms with E-state index in [-0.39, 0.29) is 17.4 Å². The molecule has 0 N–H and O–H groups in total. The van der Waals surface area contributed by atoms with Gasteiger partial charge in [0, 0.05) is 0 Å². The molecule has 0 saturated heterocycles. The number of ether oxygens (including phenoxy) is 1. The lowest BCUT2D eigenvalue weighted by Crippen LogP contribution is -2.10. The fraction of sp³-hybridized carbons (Fsp3) is 0.308. The Hall–Kier alpha value is -2.24. The number of aromatic nitrogens is 3. The third kappa shape index (κ3) is 2.47. The van der Waals surface area contributed by atoms with Crippen LogP contribution < -0.4 is 0 Å². The summed E-state index contributed by atoms with van der Waals surface area (Å²) >= 11 is 0. The van der Waals surface area contributed by atoms with Crippen LogP contribution in [0, 0.1) is 5.82 Å². The van der Waals surface area contributed by atoms with Gasteiger partial charge >= 0.3 is 5.97 Å². The third-order valence-electron chi connectivity index (χ3n) is 2.70. The monoisotopic (exact) mass is 263 g/mol. The number of nitrogens with zero attached hydrogens (tertiary/aromatic N) is 3. The van der Waals surface area contributed by atoms with Gasteiger partial charge < -0.3 is 4.74 Å². The minimum absolute atomic E-state index is 0.0224. The quantitative estimate of drug-likeness (QED) is 0.797. The highest BCUT2D eigenvalue weighted by Gasteiger charge is 2.23. The van der Waals surface area contributed by atoms with Crippen molar-refractivity contribution < 1.29 is 13.9 Å². The third-order valence-corrected chi connectivity index (χ3v) is 2.70. The average Bonchev–Trinajstić information content (AvgIpc) is 2.83. The molecular formula is C13H14FN3O2. The van der Waals surface area contributed by atoms with Crippen molar-refractivity contribution in [1.29, 1.82) is 0 Å². The fourth-order valence-corrected chi connectivity index (χ4v) is 1.82. The molecule has 19 heavy (non-hydrogen) atoms. The fourth-order valence-electron chi connectivity index (χ4n) is 1.82. The number of rotatable bonds is 3. The van der Waals surface area contributed by atoms with Gasteiger partial charge in [-0.25, -0.2) is 13.9 Å². The molecule has 5 nitrogen and oxygen atoms in total. The van der Waals surface area contributed by atoms with Crippen LogP contribution in [0.1, 0.15) is 35.9 Å². The van der Waals surface area contributed by atoms with Crippen LogP contribution in [-0.4, -0.2) is 28.1 Å². The molecule has 0 unspecified atom stereocenters. The lowest BCUT2D eigenvalue weighted by molar-refractivity contribution is 0.0592. The molecule has 2 aromatic rings. The summed E-state index contributed by atoms with van der Waals surface area (Å²) in [6.07, 6.45) is 0. The highest BCUT2D eigenvalue weighted by Crippen LogP contribution is 2.22. The lowest BCUT2D eigenvalue weighted by Gasteiger charge is -2.10. The second-order valence-corrected chi connectivity index (χ2v) is 4.36. The zero-order valence-electron chi connectivity index (χ0n) is 10.9. The van der Waals surface area contributed by atoms with Gasteiger partial charge in [0.25, 0.3) is 0 Å². The van der Waals surface area contributed by atoms with E-state index < -0.39 is 5.97 Å². The summed E-state index contributed by atoms with van der Waals surface area (Å²) in [5.41, 5.74) is 1.47. The molecule has 0 aliphatic rings. The summed E-state index contributed by atoms with van der Waals surface area (Å²) in [6.45, 7) is 3.84. The first-order chi connectivity index (χ1) is 9.04. The average molecular weight is 263 g/mol. The summed E-state index contributed by atoms with van der Waals surface area (Å²) < 4.78 is 19.1. The number of hydrogen-bond acceptors (Lipinski definition) is 4. The standard InChI is InChI=1S/C13H14FN3O2/c1-8(2)12-11(13(18)19-3)15-16-17(12)10-6-4-9(14)5-7-10/h4-8H,1-3H3. The van der Waals surface area contributed by atoms with Crippen LogP contribution in [-0.2, 0) is 4.74 Å². The van der Waals surface area contributed by atoms with Crippen molar-refractivity contribution in [1.82, 2.24) is 15.0 Å². The van der Waals surface area contributed by atoms with E-state index in [0.717, 1.165) is 0 Å². The Morgan fingerprint density at radius 1 is 1.32 bits per heavy atom. The van der Waals surface area contributed by atoms with E-state index in [1.54, 1.807) is 12.1 Å². The van der Waals surface area contributed by atoms with Crippen LogP contribution in [0.15, 0.2) is 24.3 Å². The number of halogens is 1. The Morgan fingerprint density at radius 2 is 1.95 bits per heavy atom. The summed E-state index contributed by atoms with van der Waals surface area (Å²) in [5.74, 6) is -0.839. The Balaban J connectivity index is 2.55. The number of esters is 1. The van der Waals surface area contributed by atoms with Crippen molar-refractivity contribution in [2.45, 2.75) is 19.8 Å². The van der Waals surface area contributed by atoms with Crippen molar-refractivity contribution in [3.63, 3.8) is 0 Å². The predicted molar refractivity (Wildman–Crippen MR) is 66.7 cm³/mol. The summed E-state index contributed by atoms with van der Waals surface area (Å²) in [6, 6.07) is 5.83. The van der Waals surface area contributed by atoms with E-state index in [1.165, 1.54) is 23.9 Å². The smallest absolute Gasteiger partial charge is 0.360 e. The molecule has 6 heteroatoms. The molecule has 1 aromatic heterocycles. The van der Waals surface area contributed by atoms with Crippen LogP contribution >= 0.6 is 0 Å². The van der Waals surface area contributed by atoms with Gasteiger partial charge in [0.1, 0.15) is 5.82 Å². The molecule has 0 aliphatic carbocycles. The van der Waals surface area contributed by atoms with Crippen LogP contribution in [0.2, 0.25) is 0 Å². The van der Waals surface area contributed by atoms with Crippen molar-refractivity contribution in [2.75, 3.05) is 7.11 Å². The number of methoxy groups -OCH3 is 1. The van der Waals surface area contributed by atoms with Gasteiger partial charge in [0.2, 0.25) is 0 Å². The van der Waals surface area contributed by atoms with E-state index in [0.29, 0.717) is 11.4 Å². The van der Waals surface area contributed by atoms with Crippen molar-refractivity contribution in [3.8, 4) is 5.69 Å². The van der Waals surface area contributed by atoms with Gasteiger partial charge in [-0.3, -0.25) is 0 Å². The van der Waals surface area contributed by atoms with E-state index >= 15 is 0 Å². The molecule has 1 aromatic carbocycles. The van der Waals surface area contributed by atoms with E-state index in [9.17, 15) is 9.18 Å². The summed E-state index contributed by atoms with van der Waals surface area (Å²) in [4.78, 5) is 11.6. The zero-order chi connectivity index (χ0) is 14.0. The normalized spacial score (nSPS) is 10.8. The second kappa shape index (κ2) is 5.17. The van der Waals surface area contributed by atoms with Crippen molar-refractivity contribution in [2.24, 2.45) is 0 Å². The van der Waals surface area contributed by atoms with E-state index in [1.807, 2.05) is 13.8 Å². The van der Waals surface area contributed by atoms with Gasteiger partial charge in [-0.2, -0.15) is 0 Å². The highest BCUT2D eigenvalue weighted by molar-refractivity contribution is 5.88. The highest BCUT2D eigenvalue weighted by atomic mass is 19.1. The number of carbonyl (C=O) groups is 1. The van der Waals surface area contributed by atoms with Crippen LogP contribution in [0.3, 0.4) is 0 Å². The molecule has 0 amide bonds. The molecule has 100 valence electrons. The Kier molecular flexibility index (Phi) is 3.59. The van der Waals surface area contributed by atoms with Gasteiger partial charge in [-0.15, -0.1) is 5.10 Å². The van der Waals surface area contributed by atoms with Crippen molar-refractivity contribution >= 4 is 5.97 Å². The first kappa shape index (κ1) is 13.2. The zero-order valence-corrected chi connectivity index (χ0v) is 10.9. The van der Waals surface area contributed by atoms with Crippen molar-refractivity contribution in [3.05, 3.63) is 41.5 Å². The van der Waals surface area contributed by atoms with Crippen LogP contribution in [0.25, 0.3) is 5.69 Å². The molecule has 0 atom stereocenters. The Morgan fingerprint density at radius 3 is 2.47 bits per heavy atom. The minimum Gasteiger partial charge on any atom is -0.464 e. The predicted octanol–water partition coefficient (Wildman–Crippen LogP) is 2.32. The molecule has 0 radical (unpaired) electrons. The first-order valence-corrected chi connectivity index (χ1v) is 5.84. The van der Waals surface area contributed by atoms with Gasteiger partial charge in [-0.1, -0.05) is 19.1 Å². The molecule has 2 rings (SSSR count). The van der Waals surface area contributed by atoms with Gasteiger partial charge in [0.15, 0.2) is 5.69 Å². The maximum absolute atomic E-state index is 12.9. The largest absolute Gasteiger partial charge is 0.464 e. The van der Waals surface area contributed by atoms with Crippen LogP contribution in [0.4, 0.5) is 4.39 Å². The van der Waals surface area contributed by atoms with Gasteiger partial charge in [-0.05, 0) is 30.2 Å². The van der Waals surface area contributed by atoms with Crippen LogP contribution in [0.5, 0.6) is 0 Å². The maximum Gasteiger partial charge on any atom is 0.360 e. The molecule has 1 heterocycles. The Bertz CT molecular complexity index is 590.